The summed E-state index contributed by atoms with van der Waals surface area (Å²) >= 11 is 0. The Morgan fingerprint density at radius 1 is 1.26 bits per heavy atom. The molecule has 0 saturated heterocycles. The highest BCUT2D eigenvalue weighted by Crippen LogP contribution is 2.25. The van der Waals surface area contributed by atoms with E-state index in [1.54, 1.807) is 0 Å². The third-order valence-electron chi connectivity index (χ3n) is 4.32. The number of aromatic amines is 1. The van der Waals surface area contributed by atoms with Gasteiger partial charge in [-0.05, 0) is 37.9 Å². The van der Waals surface area contributed by atoms with Crippen LogP contribution in [0.2, 0.25) is 0 Å². The lowest BCUT2D eigenvalue weighted by Gasteiger charge is -2.34. The van der Waals surface area contributed by atoms with Gasteiger partial charge in [-0.2, -0.15) is 0 Å². The van der Waals surface area contributed by atoms with Crippen LogP contribution in [0.3, 0.4) is 0 Å². The van der Waals surface area contributed by atoms with Crippen LogP contribution in [0.4, 0.5) is 0 Å². The van der Waals surface area contributed by atoms with E-state index in [-0.39, 0.29) is 6.04 Å². The van der Waals surface area contributed by atoms with Crippen LogP contribution in [0.25, 0.3) is 10.9 Å². The van der Waals surface area contributed by atoms with Crippen LogP contribution in [0.5, 0.6) is 0 Å². The Bertz CT molecular complexity index is 528. The van der Waals surface area contributed by atoms with E-state index in [0.717, 1.165) is 24.8 Å². The van der Waals surface area contributed by atoms with Gasteiger partial charge in [0.2, 0.25) is 0 Å². The smallest absolute Gasteiger partial charge is 0.0797 e. The summed E-state index contributed by atoms with van der Waals surface area (Å²) in [6, 6.07) is 8.37. The maximum atomic E-state index is 10.7. The molecule has 2 rings (SSSR count). The van der Waals surface area contributed by atoms with E-state index < -0.39 is 5.60 Å². The first-order valence-corrected chi connectivity index (χ1v) is 7.09. The molecular weight excluding hydrogens is 236 g/mol. The molecule has 0 amide bonds. The van der Waals surface area contributed by atoms with Crippen molar-refractivity contribution in [1.29, 1.82) is 0 Å². The lowest BCUT2D eigenvalue weighted by Crippen LogP contribution is -2.50. The van der Waals surface area contributed by atoms with Crippen molar-refractivity contribution in [3.05, 3.63) is 36.0 Å². The largest absolute Gasteiger partial charge is 0.388 e. The Balaban J connectivity index is 2.28. The molecule has 3 heteroatoms. The van der Waals surface area contributed by atoms with Crippen molar-refractivity contribution < 1.29 is 5.11 Å². The summed E-state index contributed by atoms with van der Waals surface area (Å²) < 4.78 is 0. The molecule has 1 atom stereocenters. The van der Waals surface area contributed by atoms with Crippen LogP contribution in [-0.2, 0) is 6.42 Å². The predicted molar refractivity (Wildman–Crippen MR) is 80.4 cm³/mol. The summed E-state index contributed by atoms with van der Waals surface area (Å²) in [5.41, 5.74) is 1.77. The van der Waals surface area contributed by atoms with Crippen molar-refractivity contribution in [3.8, 4) is 0 Å². The summed E-state index contributed by atoms with van der Waals surface area (Å²) in [6.07, 6.45) is 4.41. The Kier molecular flexibility index (Phi) is 4.27. The maximum absolute atomic E-state index is 10.7. The lowest BCUT2D eigenvalue weighted by atomic mass is 9.85. The molecule has 0 aliphatic carbocycles. The molecule has 19 heavy (non-hydrogen) atoms. The van der Waals surface area contributed by atoms with Gasteiger partial charge in [0, 0.05) is 23.1 Å². The number of hydrogen-bond donors (Lipinski definition) is 3. The van der Waals surface area contributed by atoms with Crippen molar-refractivity contribution >= 4 is 10.9 Å². The molecule has 0 aliphatic heterocycles. The van der Waals surface area contributed by atoms with Gasteiger partial charge in [-0.25, -0.2) is 0 Å². The zero-order valence-electron chi connectivity index (χ0n) is 12.0. The first-order chi connectivity index (χ1) is 9.14. The number of rotatable bonds is 6. The zero-order valence-corrected chi connectivity index (χ0v) is 12.0. The second kappa shape index (κ2) is 5.76. The van der Waals surface area contributed by atoms with Gasteiger partial charge in [-0.15, -0.1) is 0 Å². The summed E-state index contributed by atoms with van der Waals surface area (Å²) in [5.74, 6) is 0. The molecule has 1 aromatic carbocycles. The molecule has 2 aromatic rings. The van der Waals surface area contributed by atoms with Crippen molar-refractivity contribution in [2.45, 2.75) is 44.8 Å². The van der Waals surface area contributed by atoms with Crippen LogP contribution in [0, 0.1) is 0 Å². The van der Waals surface area contributed by atoms with Crippen LogP contribution in [-0.4, -0.2) is 28.8 Å². The number of likely N-dealkylation sites (N-methyl/N-ethyl adjacent to an activating group) is 1. The number of para-hydroxylation sites is 1. The molecular formula is C16H24N2O. The van der Waals surface area contributed by atoms with Gasteiger partial charge < -0.3 is 15.4 Å². The van der Waals surface area contributed by atoms with Gasteiger partial charge >= 0.3 is 0 Å². The van der Waals surface area contributed by atoms with Crippen LogP contribution >= 0.6 is 0 Å². The Morgan fingerprint density at radius 2 is 1.95 bits per heavy atom. The monoisotopic (exact) mass is 260 g/mol. The normalized spacial score (nSPS) is 13.9. The van der Waals surface area contributed by atoms with Gasteiger partial charge in [-0.1, -0.05) is 32.0 Å². The minimum atomic E-state index is -0.646. The molecule has 3 N–H and O–H groups in total. The number of hydrogen-bond acceptors (Lipinski definition) is 2. The van der Waals surface area contributed by atoms with Gasteiger partial charge in [0.15, 0.2) is 0 Å². The number of benzene rings is 1. The standard InChI is InChI=1S/C16H24N2O/c1-4-16(19,5-2)15(17-3)10-12-11-18-14-9-7-6-8-13(12)14/h6-9,11,15,17-19H,4-5,10H2,1-3H3/t15-/m0/s1. The van der Waals surface area contributed by atoms with Crippen molar-refractivity contribution in [3.63, 3.8) is 0 Å². The molecule has 1 heterocycles. The summed E-state index contributed by atoms with van der Waals surface area (Å²) in [6.45, 7) is 4.09. The summed E-state index contributed by atoms with van der Waals surface area (Å²) in [7, 11) is 1.93. The van der Waals surface area contributed by atoms with E-state index in [4.69, 9.17) is 0 Å². The van der Waals surface area contributed by atoms with Crippen molar-refractivity contribution in [1.82, 2.24) is 10.3 Å². The quantitative estimate of drug-likeness (QED) is 0.748. The number of H-pyrrole nitrogens is 1. The lowest BCUT2D eigenvalue weighted by molar-refractivity contribution is -0.00341. The number of aromatic nitrogens is 1. The second-order valence-electron chi connectivity index (χ2n) is 5.22. The third kappa shape index (κ3) is 2.67. The molecule has 0 saturated carbocycles. The molecule has 104 valence electrons. The van der Waals surface area contributed by atoms with Crippen LogP contribution in [0.15, 0.2) is 30.5 Å². The summed E-state index contributed by atoms with van der Waals surface area (Å²) in [5, 5.41) is 15.2. The first-order valence-electron chi connectivity index (χ1n) is 7.09. The predicted octanol–water partition coefficient (Wildman–Crippen LogP) is 2.85. The maximum Gasteiger partial charge on any atom is 0.0797 e. The van der Waals surface area contributed by atoms with Gasteiger partial charge in [-0.3, -0.25) is 0 Å². The SMILES string of the molecule is CCC(O)(CC)[C@H](Cc1c[nH]c2ccccc12)NC. The summed E-state index contributed by atoms with van der Waals surface area (Å²) in [4.78, 5) is 3.30. The topological polar surface area (TPSA) is 48.0 Å². The molecule has 0 aliphatic rings. The average molecular weight is 260 g/mol. The number of aliphatic hydroxyl groups is 1. The highest BCUT2D eigenvalue weighted by molar-refractivity contribution is 5.83. The van der Waals surface area contributed by atoms with Crippen LogP contribution < -0.4 is 5.32 Å². The number of fused-ring (bicyclic) bond motifs is 1. The highest BCUT2D eigenvalue weighted by Gasteiger charge is 2.32. The zero-order chi connectivity index (χ0) is 13.9. The molecule has 0 spiro atoms. The molecule has 3 nitrogen and oxygen atoms in total. The average Bonchev–Trinajstić information content (AvgIpc) is 2.87. The fourth-order valence-corrected chi connectivity index (χ4v) is 2.82. The van der Waals surface area contributed by atoms with Gasteiger partial charge in [0.1, 0.15) is 0 Å². The molecule has 0 fully saturated rings. The fraction of sp³-hybridized carbons (Fsp3) is 0.500. The molecule has 0 radical (unpaired) electrons. The van der Waals surface area contributed by atoms with Gasteiger partial charge in [0.25, 0.3) is 0 Å². The van der Waals surface area contributed by atoms with E-state index in [0.29, 0.717) is 0 Å². The van der Waals surface area contributed by atoms with Gasteiger partial charge in [0.05, 0.1) is 5.60 Å². The minimum absolute atomic E-state index is 0.0710. The molecule has 1 aromatic heterocycles. The Labute approximate surface area is 115 Å². The van der Waals surface area contributed by atoms with Crippen molar-refractivity contribution in [2.24, 2.45) is 0 Å². The Morgan fingerprint density at radius 3 is 2.58 bits per heavy atom. The third-order valence-corrected chi connectivity index (χ3v) is 4.32. The number of nitrogens with one attached hydrogen (secondary N) is 2. The van der Waals surface area contributed by atoms with E-state index in [9.17, 15) is 5.11 Å². The van der Waals surface area contributed by atoms with E-state index in [1.807, 2.05) is 27.0 Å². The van der Waals surface area contributed by atoms with Crippen molar-refractivity contribution in [2.75, 3.05) is 7.05 Å². The van der Waals surface area contributed by atoms with E-state index >= 15 is 0 Å². The first kappa shape index (κ1) is 14.1. The van der Waals surface area contributed by atoms with Crippen LogP contribution in [0.1, 0.15) is 32.3 Å². The minimum Gasteiger partial charge on any atom is -0.388 e. The Hall–Kier alpha value is -1.32. The molecule has 0 unspecified atom stereocenters. The molecule has 0 bridgehead atoms. The highest BCUT2D eigenvalue weighted by atomic mass is 16.3. The van der Waals surface area contributed by atoms with E-state index in [1.165, 1.54) is 10.9 Å². The van der Waals surface area contributed by atoms with E-state index in [2.05, 4.69) is 34.7 Å². The fourth-order valence-electron chi connectivity index (χ4n) is 2.82. The second-order valence-corrected chi connectivity index (χ2v) is 5.22.